The van der Waals surface area contributed by atoms with Crippen molar-refractivity contribution in [3.8, 4) is 0 Å². The zero-order chi connectivity index (χ0) is 20.8. The van der Waals surface area contributed by atoms with Crippen molar-refractivity contribution < 1.29 is 19.0 Å². The van der Waals surface area contributed by atoms with Crippen molar-refractivity contribution in [2.75, 3.05) is 40.0 Å². The number of likely N-dealkylation sites (tertiary alicyclic amines) is 1. The number of carbonyl (C=O) groups excluding carboxylic acids is 1. The molecule has 6 nitrogen and oxygen atoms in total. The van der Waals surface area contributed by atoms with Crippen LogP contribution in [0.25, 0.3) is 0 Å². The van der Waals surface area contributed by atoms with Gasteiger partial charge in [-0.2, -0.15) is 0 Å². The van der Waals surface area contributed by atoms with Crippen molar-refractivity contribution in [1.29, 1.82) is 0 Å². The molecule has 7 heteroatoms. The number of amides is 1. The van der Waals surface area contributed by atoms with Crippen molar-refractivity contribution in [3.63, 3.8) is 0 Å². The molecule has 2 aliphatic heterocycles. The fourth-order valence-electron chi connectivity index (χ4n) is 4.25. The van der Waals surface area contributed by atoms with Gasteiger partial charge in [0.1, 0.15) is 6.61 Å². The Morgan fingerprint density at radius 2 is 2.10 bits per heavy atom. The van der Waals surface area contributed by atoms with Gasteiger partial charge in [0.05, 0.1) is 25.4 Å². The number of hydrogen-bond acceptors (Lipinski definition) is 5. The highest BCUT2D eigenvalue weighted by Crippen LogP contribution is 2.27. The topological polar surface area (TPSA) is 51.2 Å². The predicted octanol–water partition coefficient (Wildman–Crippen LogP) is 3.38. The maximum absolute atomic E-state index is 12.2. The van der Waals surface area contributed by atoms with E-state index in [0.717, 1.165) is 24.4 Å². The third kappa shape index (κ3) is 5.72. The average Bonchev–Trinajstić information content (AvgIpc) is 2.74. The lowest BCUT2D eigenvalue weighted by Gasteiger charge is -2.48. The van der Waals surface area contributed by atoms with Gasteiger partial charge in [0.2, 0.25) is 0 Å². The molecule has 1 aromatic rings. The number of piperidine rings is 1. The van der Waals surface area contributed by atoms with Gasteiger partial charge in [-0.1, -0.05) is 36.4 Å². The van der Waals surface area contributed by atoms with Gasteiger partial charge in [0.15, 0.2) is 0 Å². The molecule has 29 heavy (non-hydrogen) atoms. The summed E-state index contributed by atoms with van der Waals surface area (Å²) in [6.07, 6.45) is 3.10. The lowest BCUT2D eigenvalue weighted by Crippen LogP contribution is -2.62. The number of methoxy groups -OCH3 is 1. The smallest absolute Gasteiger partial charge is 0.410 e. The molecule has 0 aromatic heterocycles. The van der Waals surface area contributed by atoms with E-state index in [4.69, 9.17) is 25.8 Å². The Morgan fingerprint density at radius 3 is 2.79 bits per heavy atom. The van der Waals surface area contributed by atoms with Gasteiger partial charge < -0.3 is 19.1 Å². The summed E-state index contributed by atoms with van der Waals surface area (Å²) in [6.45, 7) is 8.63. The minimum Gasteiger partial charge on any atom is -0.445 e. The van der Waals surface area contributed by atoms with Gasteiger partial charge >= 0.3 is 6.09 Å². The second kappa shape index (κ2) is 10.4. The Morgan fingerprint density at radius 1 is 1.34 bits per heavy atom. The molecular weight excluding hydrogens is 392 g/mol. The highest BCUT2D eigenvalue weighted by Gasteiger charge is 2.40. The number of rotatable bonds is 6. The third-order valence-electron chi connectivity index (χ3n) is 5.73. The van der Waals surface area contributed by atoms with Crippen LogP contribution < -0.4 is 0 Å². The molecule has 1 amide bonds. The minimum absolute atomic E-state index is 0.0713. The Balaban J connectivity index is 1.69. The molecule has 2 aliphatic rings. The van der Waals surface area contributed by atoms with E-state index in [0.29, 0.717) is 19.7 Å². The number of morpholine rings is 1. The zero-order valence-corrected chi connectivity index (χ0v) is 18.0. The molecule has 4 unspecified atom stereocenters. The zero-order valence-electron chi connectivity index (χ0n) is 17.3. The third-order valence-corrected chi connectivity index (χ3v) is 5.98. The fraction of sp³-hybridized carbons (Fsp3) is 0.591. The maximum Gasteiger partial charge on any atom is 0.410 e. The van der Waals surface area contributed by atoms with Crippen molar-refractivity contribution in [2.45, 2.75) is 44.1 Å². The summed E-state index contributed by atoms with van der Waals surface area (Å²) in [7, 11) is 1.72. The molecule has 0 saturated carbocycles. The van der Waals surface area contributed by atoms with Crippen LogP contribution in [-0.4, -0.2) is 80.1 Å². The van der Waals surface area contributed by atoms with E-state index in [-0.39, 0.29) is 37.0 Å². The molecule has 0 aliphatic carbocycles. The first-order valence-corrected chi connectivity index (χ1v) is 10.6. The SMILES string of the molecule is C=CCOC(=O)N1CCC(N2CC(C)OCC2Cc2ccc(Cl)cc2)C(OC)C1. The summed E-state index contributed by atoms with van der Waals surface area (Å²) in [5, 5.41) is 0.745. The molecule has 2 heterocycles. The number of nitrogens with zero attached hydrogens (tertiary/aromatic N) is 2. The van der Waals surface area contributed by atoms with Crippen molar-refractivity contribution in [3.05, 3.63) is 47.5 Å². The lowest BCUT2D eigenvalue weighted by atomic mass is 9.94. The molecule has 0 spiro atoms. The molecule has 1 aromatic carbocycles. The normalized spacial score (nSPS) is 28.2. The van der Waals surface area contributed by atoms with E-state index >= 15 is 0 Å². The monoisotopic (exact) mass is 422 g/mol. The van der Waals surface area contributed by atoms with Crippen LogP contribution in [0.5, 0.6) is 0 Å². The van der Waals surface area contributed by atoms with E-state index in [1.807, 2.05) is 12.1 Å². The summed E-state index contributed by atoms with van der Waals surface area (Å²) in [4.78, 5) is 16.5. The second-order valence-corrected chi connectivity index (χ2v) is 8.20. The van der Waals surface area contributed by atoms with Crippen LogP contribution in [0.4, 0.5) is 4.79 Å². The van der Waals surface area contributed by atoms with Gasteiger partial charge in [-0.25, -0.2) is 4.79 Å². The van der Waals surface area contributed by atoms with Gasteiger partial charge in [-0.15, -0.1) is 0 Å². The highest BCUT2D eigenvalue weighted by atomic mass is 35.5. The van der Waals surface area contributed by atoms with E-state index in [1.165, 1.54) is 5.56 Å². The molecule has 0 N–H and O–H groups in total. The van der Waals surface area contributed by atoms with Crippen molar-refractivity contribution in [1.82, 2.24) is 9.80 Å². The lowest BCUT2D eigenvalue weighted by molar-refractivity contribution is -0.112. The van der Waals surface area contributed by atoms with E-state index in [2.05, 4.69) is 30.5 Å². The van der Waals surface area contributed by atoms with E-state index in [9.17, 15) is 4.79 Å². The largest absolute Gasteiger partial charge is 0.445 e. The summed E-state index contributed by atoms with van der Waals surface area (Å²) >= 11 is 6.03. The molecule has 3 rings (SSSR count). The van der Waals surface area contributed by atoms with Crippen LogP contribution >= 0.6 is 11.6 Å². The summed E-state index contributed by atoms with van der Waals surface area (Å²) in [6, 6.07) is 8.49. The summed E-state index contributed by atoms with van der Waals surface area (Å²) < 4.78 is 17.0. The number of carbonyl (C=O) groups is 1. The Kier molecular flexibility index (Phi) is 7.95. The predicted molar refractivity (Wildman–Crippen MR) is 113 cm³/mol. The molecular formula is C22H31ClN2O4. The van der Waals surface area contributed by atoms with Crippen LogP contribution in [0.1, 0.15) is 18.9 Å². The number of ether oxygens (including phenoxy) is 3. The van der Waals surface area contributed by atoms with E-state index in [1.54, 1.807) is 18.1 Å². The summed E-state index contributed by atoms with van der Waals surface area (Å²) in [5.74, 6) is 0. The van der Waals surface area contributed by atoms with Crippen LogP contribution in [0.2, 0.25) is 5.02 Å². The fourth-order valence-corrected chi connectivity index (χ4v) is 4.37. The van der Waals surface area contributed by atoms with Gasteiger partial charge in [0, 0.05) is 37.3 Å². The Bertz CT molecular complexity index is 684. The van der Waals surface area contributed by atoms with Crippen molar-refractivity contribution in [2.24, 2.45) is 0 Å². The number of halogens is 1. The molecule has 0 radical (unpaired) electrons. The van der Waals surface area contributed by atoms with Crippen LogP contribution in [0.3, 0.4) is 0 Å². The van der Waals surface area contributed by atoms with Crippen molar-refractivity contribution >= 4 is 17.7 Å². The molecule has 160 valence electrons. The van der Waals surface area contributed by atoms with Crippen LogP contribution in [0.15, 0.2) is 36.9 Å². The number of hydrogen-bond donors (Lipinski definition) is 0. The average molecular weight is 423 g/mol. The first-order valence-electron chi connectivity index (χ1n) is 10.2. The van der Waals surface area contributed by atoms with Gasteiger partial charge in [-0.05, 0) is 37.5 Å². The standard InChI is InChI=1S/C22H31ClN2O4/c1-4-11-28-22(26)24-10-9-20(21(14-24)27-3)25-13-16(2)29-15-19(25)12-17-5-7-18(23)8-6-17/h4-8,16,19-21H,1,9-15H2,2-3H3. The van der Waals surface area contributed by atoms with Gasteiger partial charge in [-0.3, -0.25) is 4.90 Å². The molecule has 2 saturated heterocycles. The van der Waals surface area contributed by atoms with Gasteiger partial charge in [0.25, 0.3) is 0 Å². The molecule has 0 bridgehead atoms. The Hall–Kier alpha value is -1.60. The van der Waals surface area contributed by atoms with Crippen LogP contribution in [0, 0.1) is 0 Å². The maximum atomic E-state index is 12.2. The molecule has 4 atom stereocenters. The summed E-state index contributed by atoms with van der Waals surface area (Å²) in [5.41, 5.74) is 1.24. The first kappa shape index (κ1) is 22.1. The minimum atomic E-state index is -0.307. The quantitative estimate of drug-likeness (QED) is 0.658. The van der Waals surface area contributed by atoms with Crippen LogP contribution in [-0.2, 0) is 20.6 Å². The highest BCUT2D eigenvalue weighted by molar-refractivity contribution is 6.30. The molecule has 2 fully saturated rings. The Labute approximate surface area is 178 Å². The number of benzene rings is 1. The van der Waals surface area contributed by atoms with E-state index < -0.39 is 0 Å². The first-order chi connectivity index (χ1) is 14.0. The second-order valence-electron chi connectivity index (χ2n) is 7.77.